The van der Waals surface area contributed by atoms with Crippen LogP contribution in [0, 0.1) is 0 Å². The minimum Gasteiger partial charge on any atom is -0.456 e. The summed E-state index contributed by atoms with van der Waals surface area (Å²) in [6, 6.07) is 13.3. The molecule has 1 aliphatic heterocycles. The van der Waals surface area contributed by atoms with Gasteiger partial charge in [0.05, 0.1) is 0 Å². The highest BCUT2D eigenvalue weighted by molar-refractivity contribution is 6.07. The van der Waals surface area contributed by atoms with E-state index < -0.39 is 0 Å². The molecular formula is C22H23N3O4. The molecule has 4 rings (SSSR count). The zero-order valence-electron chi connectivity index (χ0n) is 16.3. The number of carbonyl (C=O) groups excluding carboxylic acids is 3. The van der Waals surface area contributed by atoms with Crippen LogP contribution in [0.4, 0.5) is 5.69 Å². The highest BCUT2D eigenvalue weighted by Crippen LogP contribution is 2.30. The van der Waals surface area contributed by atoms with Gasteiger partial charge < -0.3 is 19.5 Å². The number of piperazine rings is 1. The predicted molar refractivity (Wildman–Crippen MR) is 110 cm³/mol. The molecule has 0 spiro atoms. The predicted octanol–water partition coefficient (Wildman–Crippen LogP) is 3.00. The van der Waals surface area contributed by atoms with Crippen molar-refractivity contribution >= 4 is 45.3 Å². The fourth-order valence-electron chi connectivity index (χ4n) is 3.68. The molecule has 0 atom stereocenters. The van der Waals surface area contributed by atoms with E-state index in [-0.39, 0.29) is 30.6 Å². The second kappa shape index (κ2) is 7.95. The fraction of sp³-hybridized carbons (Fsp3) is 0.318. The monoisotopic (exact) mass is 393 g/mol. The highest BCUT2D eigenvalue weighted by Gasteiger charge is 2.22. The third-order valence-corrected chi connectivity index (χ3v) is 5.30. The number of benzene rings is 2. The summed E-state index contributed by atoms with van der Waals surface area (Å²) >= 11 is 0. The van der Waals surface area contributed by atoms with Crippen molar-refractivity contribution in [2.24, 2.45) is 0 Å². The quantitative estimate of drug-likeness (QED) is 0.739. The number of nitrogens with one attached hydrogen (secondary N) is 1. The molecule has 2 heterocycles. The number of anilines is 1. The molecule has 1 N–H and O–H groups in total. The number of nitrogens with zero attached hydrogens (tertiary/aromatic N) is 2. The van der Waals surface area contributed by atoms with E-state index in [0.717, 1.165) is 21.9 Å². The van der Waals surface area contributed by atoms with Crippen LogP contribution in [0.5, 0.6) is 0 Å². The van der Waals surface area contributed by atoms with Crippen LogP contribution in [0.15, 0.2) is 46.9 Å². The zero-order valence-corrected chi connectivity index (χ0v) is 16.3. The van der Waals surface area contributed by atoms with Crippen LogP contribution in [0.25, 0.3) is 21.9 Å². The third kappa shape index (κ3) is 4.08. The summed E-state index contributed by atoms with van der Waals surface area (Å²) in [4.78, 5) is 39.5. The first-order valence-corrected chi connectivity index (χ1v) is 9.76. The molecule has 7 heteroatoms. The van der Waals surface area contributed by atoms with Gasteiger partial charge in [-0.05, 0) is 24.3 Å². The summed E-state index contributed by atoms with van der Waals surface area (Å²) in [7, 11) is 0. The topological polar surface area (TPSA) is 82.9 Å². The van der Waals surface area contributed by atoms with E-state index in [4.69, 9.17) is 4.42 Å². The molecule has 1 fully saturated rings. The van der Waals surface area contributed by atoms with Crippen molar-refractivity contribution in [3.63, 3.8) is 0 Å². The summed E-state index contributed by atoms with van der Waals surface area (Å²) in [5, 5.41) is 4.81. The van der Waals surface area contributed by atoms with Gasteiger partial charge in [-0.1, -0.05) is 18.2 Å². The van der Waals surface area contributed by atoms with Crippen molar-refractivity contribution in [1.82, 2.24) is 9.80 Å². The van der Waals surface area contributed by atoms with Gasteiger partial charge in [0.15, 0.2) is 0 Å². The molecule has 150 valence electrons. The van der Waals surface area contributed by atoms with Crippen molar-refractivity contribution in [2.45, 2.75) is 19.8 Å². The first-order valence-electron chi connectivity index (χ1n) is 9.76. The molecule has 3 aromatic rings. The SMILES string of the molecule is CC(=O)N1CCN(C(=O)CCC(=O)Nc2ccc3oc4ccccc4c3c2)CC1. The molecule has 7 nitrogen and oxygen atoms in total. The summed E-state index contributed by atoms with van der Waals surface area (Å²) in [5.41, 5.74) is 2.25. The number of hydrogen-bond donors (Lipinski definition) is 1. The Balaban J connectivity index is 1.33. The van der Waals surface area contributed by atoms with Crippen molar-refractivity contribution in [2.75, 3.05) is 31.5 Å². The number of amides is 3. The Labute approximate surface area is 168 Å². The molecule has 0 bridgehead atoms. The number of furan rings is 1. The van der Waals surface area contributed by atoms with Gasteiger partial charge >= 0.3 is 0 Å². The number of carbonyl (C=O) groups is 3. The van der Waals surface area contributed by atoms with E-state index in [1.165, 1.54) is 6.92 Å². The average Bonchev–Trinajstić information content (AvgIpc) is 3.10. The Kier molecular flexibility index (Phi) is 5.20. The molecule has 0 unspecified atom stereocenters. The lowest BCUT2D eigenvalue weighted by Gasteiger charge is -2.34. The third-order valence-electron chi connectivity index (χ3n) is 5.30. The Hall–Kier alpha value is -3.35. The van der Waals surface area contributed by atoms with Crippen molar-refractivity contribution in [3.8, 4) is 0 Å². The van der Waals surface area contributed by atoms with Gasteiger partial charge in [-0.2, -0.15) is 0 Å². The van der Waals surface area contributed by atoms with Crippen LogP contribution in [0.3, 0.4) is 0 Å². The maximum Gasteiger partial charge on any atom is 0.224 e. The summed E-state index contributed by atoms with van der Waals surface area (Å²) in [6.45, 7) is 3.66. The first-order chi connectivity index (χ1) is 14.0. The number of fused-ring (bicyclic) bond motifs is 3. The van der Waals surface area contributed by atoms with Crippen LogP contribution < -0.4 is 5.32 Å². The highest BCUT2D eigenvalue weighted by atomic mass is 16.3. The largest absolute Gasteiger partial charge is 0.456 e. The number of para-hydroxylation sites is 1. The van der Waals surface area contributed by atoms with E-state index in [9.17, 15) is 14.4 Å². The van der Waals surface area contributed by atoms with Crippen molar-refractivity contribution < 1.29 is 18.8 Å². The Morgan fingerprint density at radius 3 is 2.34 bits per heavy atom. The van der Waals surface area contributed by atoms with Gasteiger partial charge in [0.2, 0.25) is 17.7 Å². The van der Waals surface area contributed by atoms with Crippen LogP contribution in [0.2, 0.25) is 0 Å². The lowest BCUT2D eigenvalue weighted by atomic mass is 10.1. The van der Waals surface area contributed by atoms with Crippen molar-refractivity contribution in [1.29, 1.82) is 0 Å². The summed E-state index contributed by atoms with van der Waals surface area (Å²) < 4.78 is 5.79. The van der Waals surface area contributed by atoms with Gasteiger partial charge in [0, 0.05) is 62.4 Å². The molecule has 0 radical (unpaired) electrons. The maximum absolute atomic E-state index is 12.3. The molecule has 29 heavy (non-hydrogen) atoms. The number of rotatable bonds is 4. The maximum atomic E-state index is 12.3. The second-order valence-corrected chi connectivity index (χ2v) is 7.24. The van der Waals surface area contributed by atoms with Gasteiger partial charge in [-0.3, -0.25) is 14.4 Å². The molecule has 0 aliphatic carbocycles. The normalized spacial score (nSPS) is 14.4. The van der Waals surface area contributed by atoms with Gasteiger partial charge in [-0.25, -0.2) is 0 Å². The molecule has 3 amide bonds. The fourth-order valence-corrected chi connectivity index (χ4v) is 3.68. The second-order valence-electron chi connectivity index (χ2n) is 7.24. The molecule has 2 aromatic carbocycles. The van der Waals surface area contributed by atoms with Crippen LogP contribution in [0.1, 0.15) is 19.8 Å². The Bertz CT molecular complexity index is 1080. The molecule has 1 aromatic heterocycles. The van der Waals surface area contributed by atoms with Gasteiger partial charge in [0.1, 0.15) is 11.2 Å². The van der Waals surface area contributed by atoms with E-state index in [1.807, 2.05) is 36.4 Å². The molecular weight excluding hydrogens is 370 g/mol. The summed E-state index contributed by atoms with van der Waals surface area (Å²) in [6.07, 6.45) is 0.277. The van der Waals surface area contributed by atoms with Crippen LogP contribution >= 0.6 is 0 Å². The molecule has 1 saturated heterocycles. The van der Waals surface area contributed by atoms with Gasteiger partial charge in [0.25, 0.3) is 0 Å². The zero-order chi connectivity index (χ0) is 20.4. The minimum absolute atomic E-state index is 0.0267. The summed E-state index contributed by atoms with van der Waals surface area (Å²) in [5.74, 6) is -0.230. The van der Waals surface area contributed by atoms with Crippen molar-refractivity contribution in [3.05, 3.63) is 42.5 Å². The lowest BCUT2D eigenvalue weighted by molar-refractivity contribution is -0.138. The van der Waals surface area contributed by atoms with Crippen LogP contribution in [-0.4, -0.2) is 53.7 Å². The van der Waals surface area contributed by atoms with E-state index >= 15 is 0 Å². The Morgan fingerprint density at radius 1 is 0.897 bits per heavy atom. The van der Waals surface area contributed by atoms with E-state index in [1.54, 1.807) is 15.9 Å². The minimum atomic E-state index is -0.201. The van der Waals surface area contributed by atoms with E-state index in [2.05, 4.69) is 5.32 Å². The lowest BCUT2D eigenvalue weighted by Crippen LogP contribution is -2.50. The van der Waals surface area contributed by atoms with Gasteiger partial charge in [-0.15, -0.1) is 0 Å². The van der Waals surface area contributed by atoms with Crippen LogP contribution in [-0.2, 0) is 14.4 Å². The molecule has 1 aliphatic rings. The van der Waals surface area contributed by atoms with E-state index in [0.29, 0.717) is 31.9 Å². The number of hydrogen-bond acceptors (Lipinski definition) is 4. The standard InChI is InChI=1S/C22H23N3O4/c1-15(26)24-10-12-25(13-11-24)22(28)9-8-21(27)23-16-6-7-20-18(14-16)17-4-2-3-5-19(17)29-20/h2-7,14H,8-13H2,1H3,(H,23,27). The first kappa shape index (κ1) is 19.0. The Morgan fingerprint density at radius 2 is 1.59 bits per heavy atom. The molecule has 0 saturated carbocycles. The smallest absolute Gasteiger partial charge is 0.224 e. The average molecular weight is 393 g/mol.